The SMILES string of the molecule is Cc1c(O[C@H](C)C(=O)NCCC(=O)O)ccc2c3c(c(=O)oc12)CCCC3. The van der Waals surface area contributed by atoms with Gasteiger partial charge in [-0.1, -0.05) is 0 Å². The van der Waals surface area contributed by atoms with Gasteiger partial charge in [0, 0.05) is 23.1 Å². The third kappa shape index (κ3) is 3.97. The minimum atomic E-state index is -0.979. The van der Waals surface area contributed by atoms with E-state index in [-0.39, 0.29) is 18.6 Å². The van der Waals surface area contributed by atoms with Gasteiger partial charge in [-0.05, 0) is 57.2 Å². The van der Waals surface area contributed by atoms with Crippen molar-refractivity contribution in [3.05, 3.63) is 39.2 Å². The number of aryl methyl sites for hydroxylation is 2. The zero-order valence-electron chi connectivity index (χ0n) is 15.5. The molecule has 7 heteroatoms. The maximum absolute atomic E-state index is 12.3. The van der Waals surface area contributed by atoms with Crippen molar-refractivity contribution in [2.24, 2.45) is 0 Å². The van der Waals surface area contributed by atoms with Crippen LogP contribution in [-0.2, 0) is 22.4 Å². The second-order valence-electron chi connectivity index (χ2n) is 6.81. The van der Waals surface area contributed by atoms with E-state index in [0.717, 1.165) is 42.2 Å². The number of hydrogen-bond acceptors (Lipinski definition) is 5. The first-order valence-electron chi connectivity index (χ1n) is 9.12. The van der Waals surface area contributed by atoms with Crippen molar-refractivity contribution in [2.45, 2.75) is 52.1 Å². The monoisotopic (exact) mass is 373 g/mol. The van der Waals surface area contributed by atoms with E-state index in [1.165, 1.54) is 0 Å². The third-order valence-corrected chi connectivity index (χ3v) is 4.90. The molecule has 0 spiro atoms. The predicted octanol–water partition coefficient (Wildman–Crippen LogP) is 2.34. The van der Waals surface area contributed by atoms with E-state index in [9.17, 15) is 14.4 Å². The highest BCUT2D eigenvalue weighted by molar-refractivity contribution is 5.86. The average Bonchev–Trinajstić information content (AvgIpc) is 2.64. The quantitative estimate of drug-likeness (QED) is 0.753. The number of amides is 1. The molecule has 0 aliphatic heterocycles. The van der Waals surface area contributed by atoms with Gasteiger partial charge in [-0.2, -0.15) is 0 Å². The second-order valence-corrected chi connectivity index (χ2v) is 6.81. The normalized spacial score (nSPS) is 14.4. The number of fused-ring (bicyclic) bond motifs is 3. The van der Waals surface area contributed by atoms with Crippen molar-refractivity contribution in [3.8, 4) is 5.75 Å². The van der Waals surface area contributed by atoms with E-state index in [4.69, 9.17) is 14.3 Å². The first kappa shape index (κ1) is 18.9. The Morgan fingerprint density at radius 3 is 2.67 bits per heavy atom. The summed E-state index contributed by atoms with van der Waals surface area (Å²) in [5.74, 6) is -0.919. The standard InChI is InChI=1S/C20H23NO6/c1-11-16(26-12(2)19(24)21-10-9-17(22)23)8-7-14-13-5-3-4-6-15(13)20(25)27-18(11)14/h7-8,12H,3-6,9-10H2,1-2H3,(H,21,24)(H,22,23)/t12-/m1/s1. The molecule has 1 aromatic heterocycles. The predicted molar refractivity (Wildman–Crippen MR) is 99.2 cm³/mol. The van der Waals surface area contributed by atoms with Crippen molar-refractivity contribution in [1.82, 2.24) is 5.32 Å². The van der Waals surface area contributed by atoms with Crippen LogP contribution in [0.4, 0.5) is 0 Å². The topological polar surface area (TPSA) is 106 Å². The number of carboxylic acid groups (broad SMARTS) is 1. The van der Waals surface area contributed by atoms with Crippen LogP contribution in [0.1, 0.15) is 42.9 Å². The van der Waals surface area contributed by atoms with Crippen LogP contribution < -0.4 is 15.7 Å². The maximum Gasteiger partial charge on any atom is 0.339 e. The highest BCUT2D eigenvalue weighted by atomic mass is 16.5. The molecule has 27 heavy (non-hydrogen) atoms. The molecule has 1 aromatic carbocycles. The molecule has 1 atom stereocenters. The summed E-state index contributed by atoms with van der Waals surface area (Å²) in [6, 6.07) is 3.66. The first-order chi connectivity index (χ1) is 12.9. The molecule has 2 N–H and O–H groups in total. The lowest BCUT2D eigenvalue weighted by Gasteiger charge is -2.19. The van der Waals surface area contributed by atoms with Gasteiger partial charge in [-0.3, -0.25) is 9.59 Å². The van der Waals surface area contributed by atoms with Crippen LogP contribution >= 0.6 is 0 Å². The van der Waals surface area contributed by atoms with Gasteiger partial charge in [0.15, 0.2) is 6.10 Å². The number of carbonyl (C=O) groups is 2. The average molecular weight is 373 g/mol. The molecule has 1 heterocycles. The highest BCUT2D eigenvalue weighted by Gasteiger charge is 2.21. The summed E-state index contributed by atoms with van der Waals surface area (Å²) in [7, 11) is 0. The lowest BCUT2D eigenvalue weighted by atomic mass is 9.90. The van der Waals surface area contributed by atoms with Gasteiger partial charge in [0.25, 0.3) is 5.91 Å². The van der Waals surface area contributed by atoms with E-state index < -0.39 is 18.0 Å². The minimum absolute atomic E-state index is 0.0413. The molecule has 1 aliphatic rings. The zero-order valence-corrected chi connectivity index (χ0v) is 15.5. The Hall–Kier alpha value is -2.83. The van der Waals surface area contributed by atoms with E-state index in [1.807, 2.05) is 6.07 Å². The van der Waals surface area contributed by atoms with Crippen molar-refractivity contribution < 1.29 is 23.8 Å². The number of rotatable bonds is 6. The number of aliphatic carboxylic acids is 1. The molecular weight excluding hydrogens is 350 g/mol. The summed E-state index contributed by atoms with van der Waals surface area (Å²) in [6.07, 6.45) is 2.70. The van der Waals surface area contributed by atoms with Gasteiger partial charge in [0.05, 0.1) is 6.42 Å². The fourth-order valence-corrected chi connectivity index (χ4v) is 3.43. The molecular formula is C20H23NO6. The number of benzene rings is 1. The Morgan fingerprint density at radius 1 is 1.26 bits per heavy atom. The Balaban J connectivity index is 1.84. The molecule has 2 aromatic rings. The molecule has 0 unspecified atom stereocenters. The van der Waals surface area contributed by atoms with Crippen molar-refractivity contribution in [2.75, 3.05) is 6.54 Å². The molecule has 1 amide bonds. The third-order valence-electron chi connectivity index (χ3n) is 4.90. The smallest absolute Gasteiger partial charge is 0.339 e. The summed E-state index contributed by atoms with van der Waals surface area (Å²) in [5, 5.41) is 12.1. The minimum Gasteiger partial charge on any atom is -0.481 e. The van der Waals surface area contributed by atoms with Crippen molar-refractivity contribution in [3.63, 3.8) is 0 Å². The van der Waals surface area contributed by atoms with Crippen LogP contribution in [0.2, 0.25) is 0 Å². The van der Waals surface area contributed by atoms with Gasteiger partial charge in [-0.25, -0.2) is 4.79 Å². The zero-order chi connectivity index (χ0) is 19.6. The molecule has 0 fully saturated rings. The maximum atomic E-state index is 12.3. The summed E-state index contributed by atoms with van der Waals surface area (Å²) in [6.45, 7) is 3.42. The fraction of sp³-hybridized carbons (Fsp3) is 0.450. The molecule has 0 radical (unpaired) electrons. The second kappa shape index (κ2) is 7.82. The van der Waals surface area contributed by atoms with Gasteiger partial charge < -0.3 is 19.6 Å². The number of nitrogens with one attached hydrogen (secondary N) is 1. The lowest BCUT2D eigenvalue weighted by Crippen LogP contribution is -2.37. The fourth-order valence-electron chi connectivity index (χ4n) is 3.43. The Bertz CT molecular complexity index is 946. The largest absolute Gasteiger partial charge is 0.481 e. The Morgan fingerprint density at radius 2 is 1.96 bits per heavy atom. The summed E-state index contributed by atoms with van der Waals surface area (Å²) in [4.78, 5) is 34.9. The molecule has 0 saturated carbocycles. The van der Waals surface area contributed by atoms with Crippen LogP contribution in [0.15, 0.2) is 21.3 Å². The van der Waals surface area contributed by atoms with Crippen molar-refractivity contribution in [1.29, 1.82) is 0 Å². The summed E-state index contributed by atoms with van der Waals surface area (Å²) in [5.41, 5.74) is 2.70. The molecule has 3 rings (SSSR count). The summed E-state index contributed by atoms with van der Waals surface area (Å²) < 4.78 is 11.3. The number of carboxylic acids is 1. The van der Waals surface area contributed by atoms with Crippen LogP contribution in [0.25, 0.3) is 11.0 Å². The van der Waals surface area contributed by atoms with E-state index in [1.54, 1.807) is 19.9 Å². The number of ether oxygens (including phenoxy) is 1. The van der Waals surface area contributed by atoms with Gasteiger partial charge >= 0.3 is 11.6 Å². The molecule has 1 aliphatic carbocycles. The van der Waals surface area contributed by atoms with Crippen LogP contribution in [-0.4, -0.2) is 29.6 Å². The van der Waals surface area contributed by atoms with Crippen LogP contribution in [0, 0.1) is 6.92 Å². The molecule has 0 saturated heterocycles. The van der Waals surface area contributed by atoms with Crippen molar-refractivity contribution >= 4 is 22.8 Å². The highest BCUT2D eigenvalue weighted by Crippen LogP contribution is 2.32. The van der Waals surface area contributed by atoms with E-state index in [0.29, 0.717) is 16.9 Å². The van der Waals surface area contributed by atoms with Gasteiger partial charge in [0.2, 0.25) is 0 Å². The van der Waals surface area contributed by atoms with Gasteiger partial charge in [0.1, 0.15) is 11.3 Å². The number of hydrogen-bond donors (Lipinski definition) is 2. The molecule has 0 bridgehead atoms. The van der Waals surface area contributed by atoms with Crippen LogP contribution in [0.5, 0.6) is 5.75 Å². The first-order valence-corrected chi connectivity index (χ1v) is 9.12. The van der Waals surface area contributed by atoms with Crippen LogP contribution in [0.3, 0.4) is 0 Å². The van der Waals surface area contributed by atoms with E-state index >= 15 is 0 Å². The Kier molecular flexibility index (Phi) is 5.48. The van der Waals surface area contributed by atoms with Gasteiger partial charge in [-0.15, -0.1) is 0 Å². The van der Waals surface area contributed by atoms with E-state index in [2.05, 4.69) is 5.32 Å². The molecule has 144 valence electrons. The summed E-state index contributed by atoms with van der Waals surface area (Å²) >= 11 is 0. The molecule has 7 nitrogen and oxygen atoms in total. The number of carbonyl (C=O) groups excluding carboxylic acids is 1. The lowest BCUT2D eigenvalue weighted by molar-refractivity contribution is -0.137. The Labute approximate surface area is 156 Å².